The summed E-state index contributed by atoms with van der Waals surface area (Å²) in [4.78, 5) is 14.0. The Morgan fingerprint density at radius 1 is 1.17 bits per heavy atom. The zero-order valence-corrected chi connectivity index (χ0v) is 29.0. The second-order valence-electron chi connectivity index (χ2n) is 14.5. The smallest absolute Gasteiger partial charge is 0.162 e. The number of hydrogen-bond acceptors (Lipinski definition) is 7. The van der Waals surface area contributed by atoms with Crippen LogP contribution < -0.4 is 11.1 Å². The number of aliphatic hydroxyl groups excluding tert-OH is 3. The maximum Gasteiger partial charge on any atom is 0.162 e. The molecule has 7 heteroatoms. The maximum absolute atomic E-state index is 14.0. The first kappa shape index (κ1) is 37.2. The van der Waals surface area contributed by atoms with Gasteiger partial charge in [-0.05, 0) is 119 Å². The highest BCUT2D eigenvalue weighted by Crippen LogP contribution is 2.63. The van der Waals surface area contributed by atoms with Crippen LogP contribution >= 0.6 is 0 Å². The number of ketones is 1. The largest absolute Gasteiger partial charge is 0.396 e. The molecule has 0 unspecified atom stereocenters. The van der Waals surface area contributed by atoms with E-state index in [0.29, 0.717) is 44.1 Å². The van der Waals surface area contributed by atoms with E-state index >= 15 is 0 Å². The van der Waals surface area contributed by atoms with Crippen LogP contribution in [-0.2, 0) is 17.6 Å². The molecule has 6 atom stereocenters. The van der Waals surface area contributed by atoms with Crippen molar-refractivity contribution in [3.63, 3.8) is 0 Å². The predicted molar refractivity (Wildman–Crippen MR) is 189 cm³/mol. The SMILES string of the molecule is C=C(/C=C/C=C(/CO)[C@H]1CC[C@@]2([C@H](CCCO)/C(=C(\C)C(=O)Cc3cccc4c3CCN[C@H]4N)CC[C@@]2(C)O)[C@@H]1O)CCC=C(C)C. The van der Waals surface area contributed by atoms with Crippen LogP contribution in [-0.4, -0.2) is 57.7 Å². The number of hydrogen-bond donors (Lipinski definition) is 6. The van der Waals surface area contributed by atoms with E-state index in [0.717, 1.165) is 59.2 Å². The number of carbonyl (C=O) groups is 1. The molecule has 47 heavy (non-hydrogen) atoms. The van der Waals surface area contributed by atoms with Gasteiger partial charge < -0.3 is 26.2 Å². The fourth-order valence-corrected chi connectivity index (χ4v) is 8.66. The first-order valence-electron chi connectivity index (χ1n) is 17.5. The molecule has 0 aromatic heterocycles. The summed E-state index contributed by atoms with van der Waals surface area (Å²) in [7, 11) is 0. The molecule has 7 N–H and O–H groups in total. The third-order valence-corrected chi connectivity index (χ3v) is 11.3. The Morgan fingerprint density at radius 3 is 2.64 bits per heavy atom. The number of carbonyl (C=O) groups excluding carboxylic acids is 1. The fourth-order valence-electron chi connectivity index (χ4n) is 8.66. The highest BCUT2D eigenvalue weighted by Gasteiger charge is 2.64. The van der Waals surface area contributed by atoms with Gasteiger partial charge in [-0.15, -0.1) is 0 Å². The number of fused-ring (bicyclic) bond motifs is 1. The number of nitrogens with two attached hydrogens (primary N) is 1. The molecule has 1 aromatic rings. The van der Waals surface area contributed by atoms with Crippen LogP contribution in [0.2, 0.25) is 0 Å². The summed E-state index contributed by atoms with van der Waals surface area (Å²) in [5.41, 5.74) is 12.1. The van der Waals surface area contributed by atoms with Crippen molar-refractivity contribution in [1.82, 2.24) is 5.32 Å². The van der Waals surface area contributed by atoms with Gasteiger partial charge in [-0.2, -0.15) is 0 Å². The highest BCUT2D eigenvalue weighted by atomic mass is 16.3. The van der Waals surface area contributed by atoms with Crippen LogP contribution in [0, 0.1) is 17.3 Å². The molecule has 1 aliphatic heterocycles. The lowest BCUT2D eigenvalue weighted by molar-refractivity contribution is -0.167. The fraction of sp³-hybridized carbons (Fsp3) is 0.575. The summed E-state index contributed by atoms with van der Waals surface area (Å²) >= 11 is 0. The van der Waals surface area contributed by atoms with Crippen molar-refractivity contribution in [2.75, 3.05) is 19.8 Å². The monoisotopic (exact) mass is 646 g/mol. The van der Waals surface area contributed by atoms with E-state index in [1.54, 1.807) is 0 Å². The molecule has 7 nitrogen and oxygen atoms in total. The molecule has 0 saturated heterocycles. The Morgan fingerprint density at radius 2 is 1.94 bits per heavy atom. The molecular weight excluding hydrogens is 588 g/mol. The van der Waals surface area contributed by atoms with Gasteiger partial charge in [0.15, 0.2) is 5.78 Å². The molecule has 1 heterocycles. The second kappa shape index (κ2) is 16.2. The topological polar surface area (TPSA) is 136 Å². The van der Waals surface area contributed by atoms with Crippen LogP contribution in [0.4, 0.5) is 0 Å². The molecule has 0 bridgehead atoms. The minimum absolute atomic E-state index is 0.0109. The van der Waals surface area contributed by atoms with E-state index in [1.165, 1.54) is 5.57 Å². The second-order valence-corrected chi connectivity index (χ2v) is 14.5. The van der Waals surface area contributed by atoms with Gasteiger partial charge in [-0.3, -0.25) is 10.1 Å². The van der Waals surface area contributed by atoms with Crippen molar-refractivity contribution in [3.05, 3.63) is 93.6 Å². The molecule has 258 valence electrons. The number of rotatable bonds is 13. The van der Waals surface area contributed by atoms with Crippen LogP contribution in [0.5, 0.6) is 0 Å². The van der Waals surface area contributed by atoms with Crippen molar-refractivity contribution in [3.8, 4) is 0 Å². The third kappa shape index (κ3) is 7.98. The Labute approximate surface area is 282 Å². The minimum atomic E-state index is -1.19. The first-order valence-corrected chi connectivity index (χ1v) is 17.5. The third-order valence-electron chi connectivity index (χ3n) is 11.3. The lowest BCUT2D eigenvalue weighted by Gasteiger charge is -2.55. The standard InChI is InChI=1S/C40H58N2O5/c1-26(2)10-6-11-27(3)12-7-14-30(25-44)33-18-21-40(37(33)46)35(16-9-23-43)31(17-20-39(40,5)47)28(4)36(45)24-29-13-8-15-34-32(29)19-22-42-38(34)41/h7-8,10,12-15,33,35,37-38,42-44,46-47H,3,6,9,11,16-25,41H2,1-2,4-5H3/b12-7+,30-14-,31-28+/t33-,35-,37-,38-,39-,40-/m1/s1. The lowest BCUT2D eigenvalue weighted by Crippen LogP contribution is -2.59. The van der Waals surface area contributed by atoms with Gasteiger partial charge >= 0.3 is 0 Å². The van der Waals surface area contributed by atoms with Crippen LogP contribution in [0.1, 0.15) is 102 Å². The van der Waals surface area contributed by atoms with Gasteiger partial charge in [-0.1, -0.05) is 65.8 Å². The molecule has 4 rings (SSSR count). The molecule has 0 radical (unpaired) electrons. The van der Waals surface area contributed by atoms with Gasteiger partial charge in [0.05, 0.1) is 24.5 Å². The Balaban J connectivity index is 1.64. The van der Waals surface area contributed by atoms with Gasteiger partial charge in [-0.25, -0.2) is 0 Å². The predicted octanol–water partition coefficient (Wildman–Crippen LogP) is 5.69. The van der Waals surface area contributed by atoms with E-state index in [-0.39, 0.29) is 43.4 Å². The summed E-state index contributed by atoms with van der Waals surface area (Å²) in [5.74, 6) is -0.577. The Bertz CT molecular complexity index is 1420. The van der Waals surface area contributed by atoms with Crippen LogP contribution in [0.3, 0.4) is 0 Å². The van der Waals surface area contributed by atoms with Gasteiger partial charge in [0, 0.05) is 30.9 Å². The molecule has 0 amide bonds. The number of benzene rings is 1. The van der Waals surface area contributed by atoms with Crippen molar-refractivity contribution in [2.45, 2.75) is 110 Å². The van der Waals surface area contributed by atoms with E-state index in [9.17, 15) is 25.2 Å². The lowest BCUT2D eigenvalue weighted by atomic mass is 9.52. The van der Waals surface area contributed by atoms with Crippen LogP contribution in [0.15, 0.2) is 76.9 Å². The normalized spacial score (nSPS) is 30.4. The quantitative estimate of drug-likeness (QED) is 0.0921. The number of Topliss-reactive ketones (excluding diaryl/α,β-unsaturated/α-hetero) is 1. The molecule has 2 saturated carbocycles. The summed E-state index contributed by atoms with van der Waals surface area (Å²) < 4.78 is 0. The van der Waals surface area contributed by atoms with E-state index in [4.69, 9.17) is 5.73 Å². The number of nitrogens with one attached hydrogen (secondary N) is 1. The summed E-state index contributed by atoms with van der Waals surface area (Å²) in [6.45, 7) is 12.6. The Kier molecular flexibility index (Phi) is 12.8. The maximum atomic E-state index is 14.0. The van der Waals surface area contributed by atoms with E-state index < -0.39 is 17.1 Å². The van der Waals surface area contributed by atoms with Gasteiger partial charge in [0.25, 0.3) is 0 Å². The average molecular weight is 647 g/mol. The minimum Gasteiger partial charge on any atom is -0.396 e. The summed E-state index contributed by atoms with van der Waals surface area (Å²) in [5, 5.41) is 47.9. The molecule has 2 aliphatic carbocycles. The average Bonchev–Trinajstić information content (AvgIpc) is 3.37. The molecule has 1 spiro atoms. The number of allylic oxidation sites excluding steroid dienone is 8. The zero-order valence-electron chi connectivity index (χ0n) is 29.0. The van der Waals surface area contributed by atoms with Crippen molar-refractivity contribution < 1.29 is 25.2 Å². The van der Waals surface area contributed by atoms with E-state index in [1.807, 2.05) is 50.3 Å². The van der Waals surface area contributed by atoms with Crippen molar-refractivity contribution in [2.24, 2.45) is 23.0 Å². The highest BCUT2D eigenvalue weighted by molar-refractivity contribution is 5.97. The molecule has 1 aromatic carbocycles. The summed E-state index contributed by atoms with van der Waals surface area (Å²) in [6.07, 6.45) is 12.8. The Hall–Kier alpha value is -2.65. The first-order chi connectivity index (χ1) is 22.4. The van der Waals surface area contributed by atoms with Gasteiger partial charge in [0.1, 0.15) is 0 Å². The molecular formula is C40H58N2O5. The number of aliphatic hydroxyl groups is 4. The zero-order chi connectivity index (χ0) is 34.4. The van der Waals surface area contributed by atoms with E-state index in [2.05, 4.69) is 31.8 Å². The van der Waals surface area contributed by atoms with Crippen LogP contribution in [0.25, 0.3) is 0 Å². The van der Waals surface area contributed by atoms with Gasteiger partial charge in [0.2, 0.25) is 0 Å². The van der Waals surface area contributed by atoms with Crippen molar-refractivity contribution >= 4 is 5.78 Å². The molecule has 3 aliphatic rings. The molecule has 2 fully saturated rings. The summed E-state index contributed by atoms with van der Waals surface area (Å²) in [6, 6.07) is 6.00. The van der Waals surface area contributed by atoms with Crippen molar-refractivity contribution in [1.29, 1.82) is 0 Å².